The van der Waals surface area contributed by atoms with Gasteiger partial charge in [-0.2, -0.15) is 13.2 Å². The molecule has 2 nitrogen and oxygen atoms in total. The number of hydrogen-bond donors (Lipinski definition) is 0. The van der Waals surface area contributed by atoms with Gasteiger partial charge in [0.1, 0.15) is 11.2 Å². The van der Waals surface area contributed by atoms with Gasteiger partial charge in [-0.15, -0.1) is 11.8 Å². The molecule has 0 saturated carbocycles. The van der Waals surface area contributed by atoms with Crippen LogP contribution in [0.1, 0.15) is 26.9 Å². The highest BCUT2D eigenvalue weighted by Crippen LogP contribution is 2.40. The summed E-state index contributed by atoms with van der Waals surface area (Å²) >= 11 is 1.39. The molecule has 0 bridgehead atoms. The zero-order chi connectivity index (χ0) is 17.3. The van der Waals surface area contributed by atoms with E-state index in [-0.39, 0.29) is 5.56 Å². The maximum atomic E-state index is 14.0. The molecule has 24 heavy (non-hydrogen) atoms. The van der Waals surface area contributed by atoms with Gasteiger partial charge in [-0.1, -0.05) is 24.3 Å². The molecule has 3 rings (SSSR count). The highest BCUT2D eigenvalue weighted by Gasteiger charge is 2.35. The lowest BCUT2D eigenvalue weighted by molar-refractivity contribution is -0.137. The number of amides is 1. The van der Waals surface area contributed by atoms with Crippen LogP contribution in [0.4, 0.5) is 17.6 Å². The molecule has 2 aromatic carbocycles. The Morgan fingerprint density at radius 2 is 1.88 bits per heavy atom. The van der Waals surface area contributed by atoms with Crippen LogP contribution in [0.25, 0.3) is 0 Å². The molecule has 1 fully saturated rings. The lowest BCUT2D eigenvalue weighted by Gasteiger charge is -2.24. The summed E-state index contributed by atoms with van der Waals surface area (Å²) < 4.78 is 52.5. The Morgan fingerprint density at radius 3 is 2.58 bits per heavy atom. The van der Waals surface area contributed by atoms with Gasteiger partial charge in [0.2, 0.25) is 0 Å². The van der Waals surface area contributed by atoms with Crippen molar-refractivity contribution in [2.75, 3.05) is 12.3 Å². The molecule has 0 unspecified atom stereocenters. The van der Waals surface area contributed by atoms with Gasteiger partial charge in [0, 0.05) is 23.4 Å². The lowest BCUT2D eigenvalue weighted by atomic mass is 10.1. The molecule has 0 radical (unpaired) electrons. The predicted octanol–water partition coefficient (Wildman–Crippen LogP) is 4.73. The van der Waals surface area contributed by atoms with Gasteiger partial charge >= 0.3 is 6.18 Å². The second-order valence-electron chi connectivity index (χ2n) is 5.32. The van der Waals surface area contributed by atoms with Crippen molar-refractivity contribution in [2.45, 2.75) is 11.6 Å². The van der Waals surface area contributed by atoms with Crippen molar-refractivity contribution in [3.63, 3.8) is 0 Å². The second-order valence-corrected chi connectivity index (χ2v) is 6.51. The van der Waals surface area contributed by atoms with Gasteiger partial charge in [-0.3, -0.25) is 4.79 Å². The van der Waals surface area contributed by atoms with E-state index in [0.717, 1.165) is 12.1 Å². The topological polar surface area (TPSA) is 20.3 Å². The summed E-state index contributed by atoms with van der Waals surface area (Å²) in [5, 5.41) is -0.534. The fourth-order valence-electron chi connectivity index (χ4n) is 2.61. The standard InChI is InChI=1S/C17H13F4NOS/c18-14-7-2-1-6-13(14)16-22(8-9-24-16)15(23)11-4-3-5-12(10-11)17(19,20)21/h1-7,10,16H,8-9H2/t16-/m0/s1. The molecule has 1 atom stereocenters. The van der Waals surface area contributed by atoms with Gasteiger partial charge in [0.15, 0.2) is 0 Å². The molecule has 0 aromatic heterocycles. The van der Waals surface area contributed by atoms with E-state index in [9.17, 15) is 22.4 Å². The first-order valence-corrected chi connectivity index (χ1v) is 8.27. The average Bonchev–Trinajstić information content (AvgIpc) is 3.03. The van der Waals surface area contributed by atoms with Crippen LogP contribution in [0.2, 0.25) is 0 Å². The molecule has 0 N–H and O–H groups in total. The Hall–Kier alpha value is -2.02. The van der Waals surface area contributed by atoms with E-state index >= 15 is 0 Å². The molecular formula is C17H13F4NOS. The van der Waals surface area contributed by atoms with E-state index in [0.29, 0.717) is 17.9 Å². The van der Waals surface area contributed by atoms with Gasteiger partial charge in [0.25, 0.3) is 5.91 Å². The third-order valence-corrected chi connectivity index (χ3v) is 5.00. The van der Waals surface area contributed by atoms with Gasteiger partial charge < -0.3 is 4.90 Å². The fraction of sp³-hybridized carbons (Fsp3) is 0.235. The first kappa shape index (κ1) is 16.8. The normalized spacial score (nSPS) is 18.0. The van der Waals surface area contributed by atoms with Crippen LogP contribution in [0.3, 0.4) is 0 Å². The van der Waals surface area contributed by atoms with Crippen molar-refractivity contribution >= 4 is 17.7 Å². The highest BCUT2D eigenvalue weighted by atomic mass is 32.2. The van der Waals surface area contributed by atoms with Crippen molar-refractivity contribution in [1.29, 1.82) is 0 Å². The first-order valence-electron chi connectivity index (χ1n) is 7.22. The number of carbonyl (C=O) groups is 1. The summed E-state index contributed by atoms with van der Waals surface area (Å²) in [5.41, 5.74) is -0.559. The number of rotatable bonds is 2. The fourth-order valence-corrected chi connectivity index (χ4v) is 3.88. The number of halogens is 4. The van der Waals surface area contributed by atoms with E-state index < -0.39 is 28.8 Å². The molecule has 1 aliphatic rings. The Balaban J connectivity index is 1.91. The summed E-state index contributed by atoms with van der Waals surface area (Å²) in [6.07, 6.45) is -4.51. The molecule has 1 heterocycles. The SMILES string of the molecule is O=C(c1cccc(C(F)(F)F)c1)N1CCS[C@H]1c1ccccc1F. The van der Waals surface area contributed by atoms with E-state index in [4.69, 9.17) is 0 Å². The largest absolute Gasteiger partial charge is 0.416 e. The minimum atomic E-state index is -4.51. The molecule has 1 amide bonds. The van der Waals surface area contributed by atoms with Crippen LogP contribution in [0, 0.1) is 5.82 Å². The Labute approximate surface area is 140 Å². The summed E-state index contributed by atoms with van der Waals surface area (Å²) in [6.45, 7) is 0.360. The van der Waals surface area contributed by atoms with E-state index in [1.54, 1.807) is 18.2 Å². The van der Waals surface area contributed by atoms with E-state index in [1.165, 1.54) is 34.9 Å². The second kappa shape index (κ2) is 6.47. The maximum Gasteiger partial charge on any atom is 0.416 e. The lowest BCUT2D eigenvalue weighted by Crippen LogP contribution is -2.31. The number of benzene rings is 2. The third kappa shape index (κ3) is 3.26. The molecule has 7 heteroatoms. The number of hydrogen-bond acceptors (Lipinski definition) is 2. The maximum absolute atomic E-state index is 14.0. The summed E-state index contributed by atoms with van der Waals surface area (Å²) in [4.78, 5) is 14.1. The number of nitrogens with zero attached hydrogens (tertiary/aromatic N) is 1. The van der Waals surface area contributed by atoms with Crippen molar-refractivity contribution in [3.8, 4) is 0 Å². The third-order valence-electron chi connectivity index (χ3n) is 3.76. The van der Waals surface area contributed by atoms with Crippen LogP contribution in [-0.2, 0) is 6.18 Å². The molecule has 0 spiro atoms. The highest BCUT2D eigenvalue weighted by molar-refractivity contribution is 7.99. The molecule has 1 saturated heterocycles. The van der Waals surface area contributed by atoms with Crippen molar-refractivity contribution in [1.82, 2.24) is 4.90 Å². The molecule has 1 aliphatic heterocycles. The van der Waals surface area contributed by atoms with Crippen LogP contribution >= 0.6 is 11.8 Å². The Bertz CT molecular complexity index is 762. The summed E-state index contributed by atoms with van der Waals surface area (Å²) in [5.74, 6) is -0.359. The van der Waals surface area contributed by atoms with Crippen molar-refractivity contribution in [3.05, 3.63) is 71.0 Å². The van der Waals surface area contributed by atoms with Crippen LogP contribution < -0.4 is 0 Å². The van der Waals surface area contributed by atoms with Crippen LogP contribution in [0.15, 0.2) is 48.5 Å². The minimum absolute atomic E-state index is 0.0475. The zero-order valence-electron chi connectivity index (χ0n) is 12.4. The number of alkyl halides is 3. The molecular weight excluding hydrogens is 342 g/mol. The Morgan fingerprint density at radius 1 is 1.12 bits per heavy atom. The smallest absolute Gasteiger partial charge is 0.322 e. The van der Waals surface area contributed by atoms with Crippen LogP contribution in [-0.4, -0.2) is 23.1 Å². The number of thioether (sulfide) groups is 1. The van der Waals surface area contributed by atoms with Crippen molar-refractivity contribution < 1.29 is 22.4 Å². The minimum Gasteiger partial charge on any atom is -0.322 e. The first-order chi connectivity index (χ1) is 11.4. The van der Waals surface area contributed by atoms with E-state index in [2.05, 4.69) is 0 Å². The van der Waals surface area contributed by atoms with Crippen molar-refractivity contribution in [2.24, 2.45) is 0 Å². The van der Waals surface area contributed by atoms with Crippen LogP contribution in [0.5, 0.6) is 0 Å². The molecule has 2 aromatic rings. The zero-order valence-corrected chi connectivity index (χ0v) is 13.2. The Kier molecular flexibility index (Phi) is 4.54. The monoisotopic (exact) mass is 355 g/mol. The van der Waals surface area contributed by atoms with Gasteiger partial charge in [-0.25, -0.2) is 4.39 Å². The molecule has 126 valence electrons. The van der Waals surface area contributed by atoms with E-state index in [1.807, 2.05) is 0 Å². The van der Waals surface area contributed by atoms with Gasteiger partial charge in [-0.05, 0) is 24.3 Å². The quantitative estimate of drug-likeness (QED) is 0.726. The summed E-state index contributed by atoms with van der Waals surface area (Å²) in [6, 6.07) is 10.4. The molecule has 0 aliphatic carbocycles. The van der Waals surface area contributed by atoms with Gasteiger partial charge in [0.05, 0.1) is 5.56 Å². The average molecular weight is 355 g/mol. The summed E-state index contributed by atoms with van der Waals surface area (Å²) in [7, 11) is 0. The number of carbonyl (C=O) groups excluding carboxylic acids is 1. The predicted molar refractivity (Wildman–Crippen MR) is 84.1 cm³/mol.